The van der Waals surface area contributed by atoms with Crippen LogP contribution in [0.4, 0.5) is 0 Å². The molecule has 26 heavy (non-hydrogen) atoms. The number of allylic oxidation sites excluding steroid dienone is 2. The fraction of sp³-hybridized carbons (Fsp3) is 0.783. The summed E-state index contributed by atoms with van der Waals surface area (Å²) < 4.78 is 4.54. The van der Waals surface area contributed by atoms with Crippen LogP contribution < -0.4 is 0 Å². The third-order valence-electron chi connectivity index (χ3n) is 4.90. The molecule has 0 amide bonds. The first-order valence-corrected chi connectivity index (χ1v) is 11.2. The van der Waals surface area contributed by atoms with E-state index in [0.717, 1.165) is 19.3 Å². The van der Waals surface area contributed by atoms with Gasteiger partial charge in [-0.05, 0) is 38.5 Å². The molecule has 0 spiro atoms. The van der Waals surface area contributed by atoms with Gasteiger partial charge in [0.15, 0.2) is 0 Å². The Morgan fingerprint density at radius 1 is 0.923 bits per heavy atom. The quantitative estimate of drug-likeness (QED) is 0.115. The van der Waals surface area contributed by atoms with Crippen LogP contribution in [0, 0.1) is 0 Å². The second-order valence-electron chi connectivity index (χ2n) is 7.25. The van der Waals surface area contributed by atoms with Crippen LogP contribution in [0.2, 0.25) is 0 Å². The molecular weight excluding hydrogens is 340 g/mol. The van der Waals surface area contributed by atoms with Crippen LogP contribution in [-0.2, 0) is 9.53 Å². The molecular formula is C23H42O2S. The summed E-state index contributed by atoms with van der Waals surface area (Å²) in [5.74, 6) is -0.208. The SMILES string of the molecule is C=CCOC(=O)C(S)(CC)CCCCCC/C=C\CCCCCCCC. The second-order valence-corrected chi connectivity index (χ2v) is 8.11. The van der Waals surface area contributed by atoms with Crippen LogP contribution in [0.1, 0.15) is 104 Å². The molecule has 2 nitrogen and oxygen atoms in total. The predicted octanol–water partition coefficient (Wildman–Crippen LogP) is 7.44. The van der Waals surface area contributed by atoms with Crippen LogP contribution in [0.25, 0.3) is 0 Å². The number of unbranched alkanes of at least 4 members (excludes halogenated alkanes) is 10. The highest BCUT2D eigenvalue weighted by molar-refractivity contribution is 7.82. The molecule has 0 aromatic heterocycles. The summed E-state index contributed by atoms with van der Waals surface area (Å²) in [4.78, 5) is 12.1. The first kappa shape index (κ1) is 25.3. The third kappa shape index (κ3) is 13.5. The summed E-state index contributed by atoms with van der Waals surface area (Å²) in [5.41, 5.74) is 0. The molecule has 0 radical (unpaired) electrons. The molecule has 0 aromatic rings. The van der Waals surface area contributed by atoms with Crippen molar-refractivity contribution in [3.05, 3.63) is 24.8 Å². The van der Waals surface area contributed by atoms with Crippen molar-refractivity contribution in [1.82, 2.24) is 0 Å². The summed E-state index contributed by atoms with van der Waals surface area (Å²) in [6.45, 7) is 8.11. The summed E-state index contributed by atoms with van der Waals surface area (Å²) in [6.07, 6.45) is 23.1. The molecule has 0 bridgehead atoms. The van der Waals surface area contributed by atoms with Crippen molar-refractivity contribution in [2.75, 3.05) is 6.61 Å². The minimum atomic E-state index is -0.639. The molecule has 1 atom stereocenters. The van der Waals surface area contributed by atoms with E-state index < -0.39 is 4.75 Å². The number of ether oxygens (including phenoxy) is 1. The van der Waals surface area contributed by atoms with Gasteiger partial charge in [-0.3, -0.25) is 4.79 Å². The van der Waals surface area contributed by atoms with Gasteiger partial charge in [0, 0.05) is 0 Å². The monoisotopic (exact) mass is 382 g/mol. The van der Waals surface area contributed by atoms with E-state index in [1.165, 1.54) is 64.2 Å². The lowest BCUT2D eigenvalue weighted by molar-refractivity contribution is -0.145. The molecule has 0 saturated heterocycles. The average molecular weight is 383 g/mol. The number of rotatable bonds is 18. The van der Waals surface area contributed by atoms with Crippen molar-refractivity contribution in [2.24, 2.45) is 0 Å². The van der Waals surface area contributed by atoms with E-state index in [-0.39, 0.29) is 12.6 Å². The fourth-order valence-corrected chi connectivity index (χ4v) is 3.23. The Hall–Kier alpha value is -0.700. The third-order valence-corrected chi connectivity index (χ3v) is 5.62. The van der Waals surface area contributed by atoms with Crippen LogP contribution in [0.5, 0.6) is 0 Å². The molecule has 3 heteroatoms. The van der Waals surface area contributed by atoms with E-state index in [9.17, 15) is 4.79 Å². The Bertz CT molecular complexity index is 378. The fourth-order valence-electron chi connectivity index (χ4n) is 3.00. The molecule has 0 N–H and O–H groups in total. The average Bonchev–Trinajstić information content (AvgIpc) is 2.66. The van der Waals surface area contributed by atoms with Crippen LogP contribution in [0.3, 0.4) is 0 Å². The van der Waals surface area contributed by atoms with Gasteiger partial charge in [-0.2, -0.15) is 12.6 Å². The summed E-state index contributed by atoms with van der Waals surface area (Å²) in [5, 5.41) is 0. The van der Waals surface area contributed by atoms with Gasteiger partial charge in [-0.25, -0.2) is 0 Å². The highest BCUT2D eigenvalue weighted by Gasteiger charge is 2.33. The Morgan fingerprint density at radius 3 is 2.00 bits per heavy atom. The zero-order valence-electron chi connectivity index (χ0n) is 17.3. The van der Waals surface area contributed by atoms with Crippen LogP contribution in [-0.4, -0.2) is 17.3 Å². The first-order chi connectivity index (χ1) is 12.6. The molecule has 0 fully saturated rings. The Kier molecular flexibility index (Phi) is 17.2. The van der Waals surface area contributed by atoms with Crippen molar-refractivity contribution in [2.45, 2.75) is 108 Å². The van der Waals surface area contributed by atoms with Crippen LogP contribution >= 0.6 is 12.6 Å². The molecule has 0 aliphatic heterocycles. The van der Waals surface area contributed by atoms with Gasteiger partial charge < -0.3 is 4.74 Å². The van der Waals surface area contributed by atoms with Crippen molar-refractivity contribution in [1.29, 1.82) is 0 Å². The highest BCUT2D eigenvalue weighted by Crippen LogP contribution is 2.28. The first-order valence-electron chi connectivity index (χ1n) is 10.8. The Balaban J connectivity index is 3.60. The topological polar surface area (TPSA) is 26.3 Å². The number of carbonyl (C=O) groups is 1. The van der Waals surface area contributed by atoms with Gasteiger partial charge in [-0.15, -0.1) is 0 Å². The van der Waals surface area contributed by atoms with Gasteiger partial charge in [0.2, 0.25) is 0 Å². The van der Waals surface area contributed by atoms with Crippen molar-refractivity contribution < 1.29 is 9.53 Å². The standard InChI is InChI=1S/C23H42O2S/c1-4-7-8-9-10-11-12-13-14-15-16-17-18-19-20-23(26,6-3)22(24)25-21-5-2/h5,13-14,26H,2,4,6-12,15-21H2,1,3H3/b14-13-. The summed E-state index contributed by atoms with van der Waals surface area (Å²) in [7, 11) is 0. The van der Waals surface area contributed by atoms with Crippen LogP contribution in [0.15, 0.2) is 24.8 Å². The number of hydrogen-bond acceptors (Lipinski definition) is 3. The van der Waals surface area contributed by atoms with E-state index in [1.54, 1.807) is 6.08 Å². The summed E-state index contributed by atoms with van der Waals surface area (Å²) in [6, 6.07) is 0. The van der Waals surface area contributed by atoms with E-state index in [1.807, 2.05) is 6.92 Å². The molecule has 0 saturated carbocycles. The normalized spacial score (nSPS) is 13.7. The Morgan fingerprint density at radius 2 is 1.46 bits per heavy atom. The largest absolute Gasteiger partial charge is 0.460 e. The molecule has 1 unspecified atom stereocenters. The molecule has 0 aliphatic rings. The number of hydrogen-bond donors (Lipinski definition) is 1. The number of esters is 1. The molecule has 0 aliphatic carbocycles. The lowest BCUT2D eigenvalue weighted by Gasteiger charge is -2.24. The molecule has 152 valence electrons. The van der Waals surface area contributed by atoms with E-state index in [2.05, 4.69) is 38.3 Å². The van der Waals surface area contributed by atoms with Gasteiger partial charge in [0.05, 0.1) is 0 Å². The zero-order valence-corrected chi connectivity index (χ0v) is 18.2. The van der Waals surface area contributed by atoms with Gasteiger partial charge in [-0.1, -0.05) is 90.0 Å². The minimum Gasteiger partial charge on any atom is -0.460 e. The lowest BCUT2D eigenvalue weighted by Crippen LogP contribution is -2.34. The molecule has 0 heterocycles. The minimum absolute atomic E-state index is 0.208. The van der Waals surface area contributed by atoms with Crippen molar-refractivity contribution >= 4 is 18.6 Å². The van der Waals surface area contributed by atoms with Crippen molar-refractivity contribution in [3.8, 4) is 0 Å². The second kappa shape index (κ2) is 17.7. The molecule has 0 aromatic carbocycles. The van der Waals surface area contributed by atoms with Gasteiger partial charge in [0.25, 0.3) is 0 Å². The number of thiol groups is 1. The van der Waals surface area contributed by atoms with Gasteiger partial charge >= 0.3 is 5.97 Å². The van der Waals surface area contributed by atoms with E-state index in [4.69, 9.17) is 4.74 Å². The maximum atomic E-state index is 12.1. The van der Waals surface area contributed by atoms with E-state index in [0.29, 0.717) is 6.42 Å². The van der Waals surface area contributed by atoms with Gasteiger partial charge in [0.1, 0.15) is 11.4 Å². The smallest absolute Gasteiger partial charge is 0.322 e. The van der Waals surface area contributed by atoms with E-state index >= 15 is 0 Å². The highest BCUT2D eigenvalue weighted by atomic mass is 32.1. The molecule has 0 rings (SSSR count). The zero-order chi connectivity index (χ0) is 19.5. The maximum Gasteiger partial charge on any atom is 0.322 e. The summed E-state index contributed by atoms with van der Waals surface area (Å²) >= 11 is 4.58. The number of carbonyl (C=O) groups excluding carboxylic acids is 1. The predicted molar refractivity (Wildman–Crippen MR) is 118 cm³/mol. The Labute approximate surface area is 168 Å². The lowest BCUT2D eigenvalue weighted by atomic mass is 9.97. The van der Waals surface area contributed by atoms with Crippen molar-refractivity contribution in [3.63, 3.8) is 0 Å². The maximum absolute atomic E-state index is 12.1.